The number of halogens is 1. The first-order chi connectivity index (χ1) is 12.8. The minimum Gasteiger partial charge on any atom is -0.420 e. The summed E-state index contributed by atoms with van der Waals surface area (Å²) in [6.45, 7) is 1.63. The Bertz CT molecular complexity index is 848. The fourth-order valence-electron chi connectivity index (χ4n) is 2.49. The van der Waals surface area contributed by atoms with E-state index < -0.39 is 0 Å². The van der Waals surface area contributed by atoms with Crippen molar-refractivity contribution in [2.24, 2.45) is 0 Å². The number of hydrogen-bond donors (Lipinski definition) is 1. The van der Waals surface area contributed by atoms with Gasteiger partial charge in [0, 0.05) is 23.2 Å². The fourth-order valence-corrected chi connectivity index (χ4v) is 4.35. The van der Waals surface area contributed by atoms with E-state index in [4.69, 9.17) is 9.15 Å². The molecule has 10 heteroatoms. The third-order valence-electron chi connectivity index (χ3n) is 3.79. The third-order valence-corrected chi connectivity index (χ3v) is 6.32. The lowest BCUT2D eigenvalue weighted by molar-refractivity contribution is 0.120. The lowest BCUT2D eigenvalue weighted by atomic mass is 10.2. The molecule has 0 amide bonds. The second-order valence-corrected chi connectivity index (χ2v) is 8.80. The van der Waals surface area contributed by atoms with Crippen LogP contribution in [0.4, 0.5) is 5.13 Å². The average Bonchev–Trinajstić information content (AvgIpc) is 3.40. The average molecular weight is 454 g/mol. The van der Waals surface area contributed by atoms with E-state index in [2.05, 4.69) is 41.6 Å². The molecule has 1 aromatic carbocycles. The third kappa shape index (κ3) is 4.61. The lowest BCUT2D eigenvalue weighted by Gasteiger charge is -2.08. The standard InChI is InChI=1S/C16H16BrN5O2S2/c17-11-5-3-10(4-6-11)14-20-19-13(24-14)9-25-16-22-21-15(26-16)18-8-12-2-1-7-23-12/h3-6,12H,1-2,7-9H2,(H,18,21)/t12-/m0/s1. The van der Waals surface area contributed by atoms with Gasteiger partial charge in [-0.3, -0.25) is 0 Å². The number of ether oxygens (including phenoxy) is 1. The van der Waals surface area contributed by atoms with Crippen molar-refractivity contribution in [1.82, 2.24) is 20.4 Å². The van der Waals surface area contributed by atoms with Gasteiger partial charge in [-0.25, -0.2) is 0 Å². The predicted octanol–water partition coefficient (Wildman–Crippen LogP) is 4.23. The number of thioether (sulfide) groups is 1. The molecule has 0 radical (unpaired) electrons. The summed E-state index contributed by atoms with van der Waals surface area (Å²) in [7, 11) is 0. The van der Waals surface area contributed by atoms with Gasteiger partial charge in [0.1, 0.15) is 0 Å². The number of anilines is 1. The molecule has 0 spiro atoms. The van der Waals surface area contributed by atoms with E-state index in [0.29, 0.717) is 17.5 Å². The molecule has 2 aromatic heterocycles. The first-order valence-corrected chi connectivity index (χ1v) is 10.8. The number of nitrogens with zero attached hydrogens (tertiary/aromatic N) is 4. The van der Waals surface area contributed by atoms with Crippen molar-refractivity contribution in [2.45, 2.75) is 29.0 Å². The van der Waals surface area contributed by atoms with Gasteiger partial charge in [0.25, 0.3) is 0 Å². The Kier molecular flexibility index (Phi) is 5.83. The molecule has 7 nitrogen and oxygen atoms in total. The fraction of sp³-hybridized carbons (Fsp3) is 0.375. The molecule has 136 valence electrons. The van der Waals surface area contributed by atoms with E-state index in [-0.39, 0.29) is 6.10 Å². The Morgan fingerprint density at radius 1 is 1.19 bits per heavy atom. The van der Waals surface area contributed by atoms with E-state index in [1.54, 1.807) is 0 Å². The SMILES string of the molecule is Brc1ccc(-c2nnc(CSc3nnc(NC[C@@H]4CCCO4)s3)o2)cc1. The molecule has 1 saturated heterocycles. The number of nitrogens with one attached hydrogen (secondary N) is 1. The normalized spacial score (nSPS) is 16.9. The maximum atomic E-state index is 5.72. The Labute approximate surface area is 167 Å². The highest BCUT2D eigenvalue weighted by Gasteiger charge is 2.16. The maximum absolute atomic E-state index is 5.72. The summed E-state index contributed by atoms with van der Waals surface area (Å²) in [5, 5.41) is 20.6. The first-order valence-electron chi connectivity index (χ1n) is 8.16. The molecular weight excluding hydrogens is 438 g/mol. The van der Waals surface area contributed by atoms with Gasteiger partial charge < -0.3 is 14.5 Å². The van der Waals surface area contributed by atoms with Crippen molar-refractivity contribution in [3.05, 3.63) is 34.6 Å². The molecule has 3 aromatic rings. The minimum absolute atomic E-state index is 0.283. The van der Waals surface area contributed by atoms with Gasteiger partial charge >= 0.3 is 0 Å². The molecule has 0 bridgehead atoms. The Morgan fingerprint density at radius 2 is 2.08 bits per heavy atom. The molecule has 0 saturated carbocycles. The predicted molar refractivity (Wildman–Crippen MR) is 104 cm³/mol. The van der Waals surface area contributed by atoms with Gasteiger partial charge in [0.2, 0.25) is 16.9 Å². The van der Waals surface area contributed by atoms with Crippen LogP contribution >= 0.6 is 39.0 Å². The van der Waals surface area contributed by atoms with Crippen LogP contribution in [0.2, 0.25) is 0 Å². The Morgan fingerprint density at radius 3 is 2.88 bits per heavy atom. The summed E-state index contributed by atoms with van der Waals surface area (Å²) in [5.41, 5.74) is 0.897. The summed E-state index contributed by atoms with van der Waals surface area (Å²) < 4.78 is 13.2. The topological polar surface area (TPSA) is 86.0 Å². The summed E-state index contributed by atoms with van der Waals surface area (Å²) in [6, 6.07) is 7.76. The van der Waals surface area contributed by atoms with Crippen molar-refractivity contribution >= 4 is 44.2 Å². The number of hydrogen-bond acceptors (Lipinski definition) is 9. The molecule has 1 fully saturated rings. The monoisotopic (exact) mass is 453 g/mol. The molecule has 3 heterocycles. The van der Waals surface area contributed by atoms with Crippen LogP contribution in [0.3, 0.4) is 0 Å². The Hall–Kier alpha value is -1.49. The van der Waals surface area contributed by atoms with Gasteiger partial charge in [0.15, 0.2) is 4.34 Å². The van der Waals surface area contributed by atoms with Crippen LogP contribution in [0.1, 0.15) is 18.7 Å². The van der Waals surface area contributed by atoms with Gasteiger partial charge in [-0.05, 0) is 37.1 Å². The zero-order valence-electron chi connectivity index (χ0n) is 13.7. The van der Waals surface area contributed by atoms with Crippen molar-refractivity contribution in [3.63, 3.8) is 0 Å². The number of rotatable bonds is 7. The number of aromatic nitrogens is 4. The van der Waals surface area contributed by atoms with Gasteiger partial charge in [-0.2, -0.15) is 0 Å². The van der Waals surface area contributed by atoms with E-state index in [1.165, 1.54) is 23.1 Å². The van der Waals surface area contributed by atoms with Crippen molar-refractivity contribution in [3.8, 4) is 11.5 Å². The van der Waals surface area contributed by atoms with Gasteiger partial charge in [0.05, 0.1) is 11.9 Å². The quantitative estimate of drug-likeness (QED) is 0.531. The van der Waals surface area contributed by atoms with Crippen LogP contribution in [0.15, 0.2) is 37.5 Å². The molecule has 0 aliphatic carbocycles. The highest BCUT2D eigenvalue weighted by atomic mass is 79.9. The van der Waals surface area contributed by atoms with Gasteiger partial charge in [-0.1, -0.05) is 39.0 Å². The van der Waals surface area contributed by atoms with Crippen LogP contribution < -0.4 is 5.32 Å². The van der Waals surface area contributed by atoms with E-state index >= 15 is 0 Å². The molecule has 4 rings (SSSR count). The summed E-state index contributed by atoms with van der Waals surface area (Å²) in [5.74, 6) is 1.64. The van der Waals surface area contributed by atoms with Crippen LogP contribution in [0.25, 0.3) is 11.5 Å². The van der Waals surface area contributed by atoms with Crippen molar-refractivity contribution in [1.29, 1.82) is 0 Å². The maximum Gasteiger partial charge on any atom is 0.247 e. The van der Waals surface area contributed by atoms with E-state index in [1.807, 2.05) is 24.3 Å². The van der Waals surface area contributed by atoms with E-state index in [0.717, 1.165) is 45.5 Å². The van der Waals surface area contributed by atoms with E-state index in [9.17, 15) is 0 Å². The van der Waals surface area contributed by atoms with Crippen LogP contribution in [0.5, 0.6) is 0 Å². The summed E-state index contributed by atoms with van der Waals surface area (Å²) in [6.07, 6.45) is 2.52. The largest absolute Gasteiger partial charge is 0.420 e. The second kappa shape index (κ2) is 8.47. The molecule has 26 heavy (non-hydrogen) atoms. The Balaban J connectivity index is 1.29. The van der Waals surface area contributed by atoms with Crippen LogP contribution in [-0.4, -0.2) is 39.7 Å². The molecule has 1 N–H and O–H groups in total. The van der Waals surface area contributed by atoms with Crippen LogP contribution in [-0.2, 0) is 10.5 Å². The van der Waals surface area contributed by atoms with Crippen molar-refractivity contribution < 1.29 is 9.15 Å². The highest BCUT2D eigenvalue weighted by Crippen LogP contribution is 2.29. The molecule has 0 unspecified atom stereocenters. The minimum atomic E-state index is 0.283. The summed E-state index contributed by atoms with van der Waals surface area (Å²) >= 11 is 6.46. The van der Waals surface area contributed by atoms with Crippen LogP contribution in [0, 0.1) is 0 Å². The molecule has 1 aliphatic heterocycles. The zero-order chi connectivity index (χ0) is 17.8. The second-order valence-electron chi connectivity index (χ2n) is 5.69. The van der Waals surface area contributed by atoms with Gasteiger partial charge in [-0.15, -0.1) is 20.4 Å². The molecule has 1 aliphatic rings. The smallest absolute Gasteiger partial charge is 0.247 e. The highest BCUT2D eigenvalue weighted by molar-refractivity contribution is 9.10. The summed E-state index contributed by atoms with van der Waals surface area (Å²) in [4.78, 5) is 0. The zero-order valence-corrected chi connectivity index (χ0v) is 16.9. The molecular formula is C16H16BrN5O2S2. The lowest BCUT2D eigenvalue weighted by Crippen LogP contribution is -2.18. The number of benzene rings is 1. The molecule has 1 atom stereocenters. The first kappa shape index (κ1) is 17.9. The van der Waals surface area contributed by atoms with Crippen molar-refractivity contribution in [2.75, 3.05) is 18.5 Å².